The van der Waals surface area contributed by atoms with E-state index in [1.165, 1.54) is 0 Å². The van der Waals surface area contributed by atoms with Crippen LogP contribution in [0.15, 0.2) is 48.5 Å². The van der Waals surface area contributed by atoms with E-state index in [0.29, 0.717) is 13.0 Å². The molecule has 1 aliphatic carbocycles. The molecule has 2 aromatic rings. The maximum atomic E-state index is 12.2. The van der Waals surface area contributed by atoms with Crippen molar-refractivity contribution in [3.05, 3.63) is 65.2 Å². The Morgan fingerprint density at radius 3 is 2.33 bits per heavy atom. The van der Waals surface area contributed by atoms with E-state index >= 15 is 0 Å². The first-order valence-corrected chi connectivity index (χ1v) is 11.2. The Labute approximate surface area is 193 Å². The van der Waals surface area contributed by atoms with Gasteiger partial charge < -0.3 is 19.7 Å². The summed E-state index contributed by atoms with van der Waals surface area (Å²) in [6.45, 7) is 2.29. The quantitative estimate of drug-likeness (QED) is 0.452. The Morgan fingerprint density at radius 1 is 1.00 bits per heavy atom. The molecule has 176 valence electrons. The SMILES string of the molecule is CCOC(=O)CC(CC(=O)O)(CC(=O)O)C[C@@H]1CCc2cc(OCc3ccccc3)ccc21. The molecule has 0 saturated carbocycles. The molecular weight excluding hydrogens is 424 g/mol. The molecule has 2 N–H and O–H groups in total. The van der Waals surface area contributed by atoms with E-state index in [2.05, 4.69) is 0 Å². The summed E-state index contributed by atoms with van der Waals surface area (Å²) >= 11 is 0. The lowest BCUT2D eigenvalue weighted by molar-refractivity contribution is -0.151. The van der Waals surface area contributed by atoms with Gasteiger partial charge in [-0.05, 0) is 60.9 Å². The van der Waals surface area contributed by atoms with Crippen LogP contribution in [0.4, 0.5) is 0 Å². The fraction of sp³-hybridized carbons (Fsp3) is 0.423. The molecule has 0 spiro atoms. The second-order valence-electron chi connectivity index (χ2n) is 8.70. The summed E-state index contributed by atoms with van der Waals surface area (Å²) in [5, 5.41) is 19.0. The fourth-order valence-corrected chi connectivity index (χ4v) is 4.81. The minimum Gasteiger partial charge on any atom is -0.489 e. The molecule has 0 bridgehead atoms. The van der Waals surface area contributed by atoms with Gasteiger partial charge in [0.25, 0.3) is 0 Å². The highest BCUT2D eigenvalue weighted by Crippen LogP contribution is 2.47. The molecular formula is C26H30O7. The largest absolute Gasteiger partial charge is 0.489 e. The topological polar surface area (TPSA) is 110 Å². The van der Waals surface area contributed by atoms with E-state index in [9.17, 15) is 24.6 Å². The zero-order chi connectivity index (χ0) is 23.8. The molecule has 3 rings (SSSR count). The minimum absolute atomic E-state index is 0.0312. The molecule has 7 heteroatoms. The smallest absolute Gasteiger partial charge is 0.306 e. The first-order valence-electron chi connectivity index (χ1n) is 11.2. The van der Waals surface area contributed by atoms with Crippen molar-refractivity contribution in [1.29, 1.82) is 0 Å². The average Bonchev–Trinajstić information content (AvgIpc) is 3.13. The molecule has 0 radical (unpaired) electrons. The van der Waals surface area contributed by atoms with Gasteiger partial charge in [-0.3, -0.25) is 14.4 Å². The molecule has 0 unspecified atom stereocenters. The number of carbonyl (C=O) groups excluding carboxylic acids is 1. The van der Waals surface area contributed by atoms with Crippen LogP contribution in [0.5, 0.6) is 5.75 Å². The predicted molar refractivity (Wildman–Crippen MR) is 121 cm³/mol. The van der Waals surface area contributed by atoms with Crippen LogP contribution in [-0.2, 0) is 32.1 Å². The van der Waals surface area contributed by atoms with Gasteiger partial charge in [0.15, 0.2) is 0 Å². The number of rotatable bonds is 12. The van der Waals surface area contributed by atoms with Gasteiger partial charge in [0.2, 0.25) is 0 Å². The summed E-state index contributed by atoms with van der Waals surface area (Å²) in [5.41, 5.74) is 2.04. The van der Waals surface area contributed by atoms with Gasteiger partial charge in [0.05, 0.1) is 25.9 Å². The number of esters is 1. The third-order valence-corrected chi connectivity index (χ3v) is 6.12. The molecule has 1 aliphatic rings. The highest BCUT2D eigenvalue weighted by molar-refractivity contribution is 5.76. The monoisotopic (exact) mass is 454 g/mol. The maximum absolute atomic E-state index is 12.2. The lowest BCUT2D eigenvalue weighted by Gasteiger charge is -2.33. The van der Waals surface area contributed by atoms with Gasteiger partial charge in [0.1, 0.15) is 12.4 Å². The first-order chi connectivity index (χ1) is 15.8. The predicted octanol–water partition coefficient (Wildman–Crippen LogP) is 4.57. The zero-order valence-electron chi connectivity index (χ0n) is 18.8. The third-order valence-electron chi connectivity index (χ3n) is 6.12. The molecule has 0 saturated heterocycles. The highest BCUT2D eigenvalue weighted by Gasteiger charge is 2.41. The Bertz CT molecular complexity index is 967. The van der Waals surface area contributed by atoms with E-state index < -0.39 is 36.2 Å². The number of aryl methyl sites for hydroxylation is 1. The third kappa shape index (κ3) is 6.81. The van der Waals surface area contributed by atoms with Crippen LogP contribution in [0.3, 0.4) is 0 Å². The second-order valence-corrected chi connectivity index (χ2v) is 8.70. The van der Waals surface area contributed by atoms with Crippen molar-refractivity contribution in [1.82, 2.24) is 0 Å². The summed E-state index contributed by atoms with van der Waals surface area (Å²) in [5.74, 6) is -2.09. The number of ether oxygens (including phenoxy) is 2. The summed E-state index contributed by atoms with van der Waals surface area (Å²) in [4.78, 5) is 35.5. The number of carbonyl (C=O) groups is 3. The molecule has 0 fully saturated rings. The van der Waals surface area contributed by atoms with Crippen LogP contribution in [0, 0.1) is 5.41 Å². The molecule has 0 aliphatic heterocycles. The van der Waals surface area contributed by atoms with Gasteiger partial charge in [-0.1, -0.05) is 36.4 Å². The maximum Gasteiger partial charge on any atom is 0.306 e. The Hall–Kier alpha value is -3.35. The number of aliphatic carboxylic acids is 2. The number of benzene rings is 2. The van der Waals surface area contributed by atoms with Gasteiger partial charge in [0, 0.05) is 5.41 Å². The standard InChI is InChI=1S/C26H30O7/c1-2-32-25(31)16-26(14-23(27)28,15-24(29)30)13-20-9-8-19-12-21(10-11-22(19)20)33-17-18-6-4-3-5-7-18/h3-7,10-12,20H,2,8-9,13-17H2,1H3,(H,27,28)(H,29,30)/t20-/m0/s1. The van der Waals surface area contributed by atoms with Crippen LogP contribution in [-0.4, -0.2) is 34.7 Å². The van der Waals surface area contributed by atoms with Crippen molar-refractivity contribution < 1.29 is 34.1 Å². The average molecular weight is 455 g/mol. The second kappa shape index (κ2) is 11.0. The lowest BCUT2D eigenvalue weighted by Crippen LogP contribution is -2.33. The number of hydrogen-bond acceptors (Lipinski definition) is 5. The number of carboxylic acid groups (broad SMARTS) is 2. The van der Waals surface area contributed by atoms with Crippen molar-refractivity contribution in [3.8, 4) is 5.75 Å². The summed E-state index contributed by atoms with van der Waals surface area (Å²) in [6, 6.07) is 15.7. The lowest BCUT2D eigenvalue weighted by atomic mass is 9.70. The van der Waals surface area contributed by atoms with Gasteiger partial charge >= 0.3 is 17.9 Å². The van der Waals surface area contributed by atoms with Crippen molar-refractivity contribution in [3.63, 3.8) is 0 Å². The number of carboxylic acids is 2. The molecule has 0 aromatic heterocycles. The minimum atomic E-state index is -1.21. The first kappa shape index (κ1) is 24.3. The fourth-order valence-electron chi connectivity index (χ4n) is 4.81. The Balaban J connectivity index is 1.78. The van der Waals surface area contributed by atoms with E-state index in [0.717, 1.165) is 35.3 Å². The summed E-state index contributed by atoms with van der Waals surface area (Å²) < 4.78 is 11.0. The van der Waals surface area contributed by atoms with Crippen molar-refractivity contribution in [2.24, 2.45) is 5.41 Å². The molecule has 7 nitrogen and oxygen atoms in total. The zero-order valence-corrected chi connectivity index (χ0v) is 18.8. The highest BCUT2D eigenvalue weighted by atomic mass is 16.5. The van der Waals surface area contributed by atoms with Crippen LogP contribution in [0.2, 0.25) is 0 Å². The van der Waals surface area contributed by atoms with Gasteiger partial charge in [-0.15, -0.1) is 0 Å². The van der Waals surface area contributed by atoms with Crippen LogP contribution in [0.1, 0.15) is 61.6 Å². The normalized spacial score (nSPS) is 15.0. The van der Waals surface area contributed by atoms with Crippen molar-refractivity contribution >= 4 is 17.9 Å². The van der Waals surface area contributed by atoms with Crippen molar-refractivity contribution in [2.45, 2.75) is 58.0 Å². The van der Waals surface area contributed by atoms with E-state index in [4.69, 9.17) is 9.47 Å². The van der Waals surface area contributed by atoms with Crippen LogP contribution in [0.25, 0.3) is 0 Å². The summed E-state index contributed by atoms with van der Waals surface area (Å²) in [7, 11) is 0. The van der Waals surface area contributed by atoms with E-state index in [1.807, 2.05) is 48.5 Å². The Kier molecular flexibility index (Phi) is 8.09. The number of fused-ring (bicyclic) bond motifs is 1. The molecule has 0 heterocycles. The van der Waals surface area contributed by atoms with Gasteiger partial charge in [-0.2, -0.15) is 0 Å². The van der Waals surface area contributed by atoms with E-state index in [1.54, 1.807) is 6.92 Å². The molecule has 1 atom stereocenters. The molecule has 33 heavy (non-hydrogen) atoms. The van der Waals surface area contributed by atoms with Crippen molar-refractivity contribution in [2.75, 3.05) is 6.61 Å². The van der Waals surface area contributed by atoms with Crippen LogP contribution >= 0.6 is 0 Å². The number of hydrogen-bond donors (Lipinski definition) is 2. The van der Waals surface area contributed by atoms with Crippen LogP contribution < -0.4 is 4.74 Å². The van der Waals surface area contributed by atoms with Gasteiger partial charge in [-0.25, -0.2) is 0 Å². The summed E-state index contributed by atoms with van der Waals surface area (Å²) in [6.07, 6.45) is 0.815. The molecule has 2 aromatic carbocycles. The van der Waals surface area contributed by atoms with E-state index in [-0.39, 0.29) is 18.9 Å². The molecule has 0 amide bonds. The Morgan fingerprint density at radius 2 is 1.70 bits per heavy atom.